The molecule has 2 amide bonds. The number of aromatic nitrogens is 3. The van der Waals surface area contributed by atoms with Crippen molar-refractivity contribution in [2.24, 2.45) is 7.05 Å². The normalized spacial score (nSPS) is 10.9. The quantitative estimate of drug-likeness (QED) is 0.423. The molecule has 0 bridgehead atoms. The van der Waals surface area contributed by atoms with Gasteiger partial charge in [-0.05, 0) is 35.9 Å². The molecule has 2 aromatic heterocycles. The molecule has 2 aromatic carbocycles. The predicted octanol–water partition coefficient (Wildman–Crippen LogP) is 4.74. The fraction of sp³-hybridized carbons (Fsp3) is 0.0909. The Morgan fingerprint density at radius 1 is 1.00 bits per heavy atom. The van der Waals surface area contributed by atoms with Crippen LogP contribution in [0.1, 0.15) is 26.4 Å². The Bertz CT molecular complexity index is 1410. The van der Waals surface area contributed by atoms with Crippen LogP contribution in [0, 0.1) is 11.6 Å². The molecular weight excluding hydrogens is 475 g/mol. The molecule has 7 nitrogen and oxygen atoms in total. The first-order valence-corrected chi connectivity index (χ1v) is 10.3. The first kappa shape index (κ1) is 22.6. The second-order valence-electron chi connectivity index (χ2n) is 7.09. The molecule has 168 valence electrons. The maximum absolute atomic E-state index is 13.4. The second kappa shape index (κ2) is 9.13. The number of nitrogens with one attached hydrogen (secondary N) is 2. The summed E-state index contributed by atoms with van der Waals surface area (Å²) < 4.78 is 28.3. The third kappa shape index (κ3) is 4.64. The van der Waals surface area contributed by atoms with Crippen molar-refractivity contribution in [2.45, 2.75) is 6.54 Å². The Morgan fingerprint density at radius 3 is 2.39 bits per heavy atom. The van der Waals surface area contributed by atoms with Crippen molar-refractivity contribution in [1.29, 1.82) is 0 Å². The fourth-order valence-corrected chi connectivity index (χ4v) is 3.62. The largest absolute Gasteiger partial charge is 0.347 e. The molecule has 33 heavy (non-hydrogen) atoms. The van der Waals surface area contributed by atoms with Crippen molar-refractivity contribution in [3.63, 3.8) is 0 Å². The highest BCUT2D eigenvalue weighted by atomic mass is 35.5. The van der Waals surface area contributed by atoms with Gasteiger partial charge in [0.1, 0.15) is 29.0 Å². The number of aryl methyl sites for hydroxylation is 1. The molecular formula is C22H15Cl2F2N5O2. The van der Waals surface area contributed by atoms with E-state index in [9.17, 15) is 18.4 Å². The van der Waals surface area contributed by atoms with Crippen LogP contribution in [0.3, 0.4) is 0 Å². The van der Waals surface area contributed by atoms with Gasteiger partial charge in [-0.3, -0.25) is 9.59 Å². The van der Waals surface area contributed by atoms with E-state index in [4.69, 9.17) is 23.2 Å². The number of halogens is 4. The Hall–Kier alpha value is -3.56. The molecule has 0 fully saturated rings. The Balaban J connectivity index is 1.58. The van der Waals surface area contributed by atoms with E-state index in [-0.39, 0.29) is 27.8 Å². The lowest BCUT2D eigenvalue weighted by Gasteiger charge is -2.08. The summed E-state index contributed by atoms with van der Waals surface area (Å²) in [6.45, 7) is 0.101. The molecule has 11 heteroatoms. The third-order valence-electron chi connectivity index (χ3n) is 4.83. The van der Waals surface area contributed by atoms with Crippen LogP contribution in [0.4, 0.5) is 14.5 Å². The lowest BCUT2D eigenvalue weighted by atomic mass is 10.2. The minimum absolute atomic E-state index is 0.0450. The first-order valence-electron chi connectivity index (χ1n) is 9.53. The number of anilines is 1. The molecule has 2 N–H and O–H groups in total. The highest BCUT2D eigenvalue weighted by Crippen LogP contribution is 2.26. The summed E-state index contributed by atoms with van der Waals surface area (Å²) in [6, 6.07) is 7.76. The minimum atomic E-state index is -0.635. The number of benzene rings is 2. The van der Waals surface area contributed by atoms with E-state index < -0.39 is 23.4 Å². The standard InChI is InChI=1S/C22H15Cl2F2N5O2/c1-31-9-17(30-21(32)12-3-5-16(26)14(24)7-12)18-20(31)19(29-10-28-18)22(33)27-8-11-2-4-15(25)13(23)6-11/h2-7,9-10H,8H2,1H3,(H,27,33)(H,30,32). The third-order valence-corrected chi connectivity index (χ3v) is 5.41. The van der Waals surface area contributed by atoms with Crippen molar-refractivity contribution in [3.8, 4) is 0 Å². The smallest absolute Gasteiger partial charge is 0.272 e. The summed E-state index contributed by atoms with van der Waals surface area (Å²) in [7, 11) is 1.67. The van der Waals surface area contributed by atoms with Crippen LogP contribution in [-0.4, -0.2) is 26.3 Å². The average Bonchev–Trinajstić information content (AvgIpc) is 3.11. The van der Waals surface area contributed by atoms with Gasteiger partial charge in [0.05, 0.1) is 15.7 Å². The number of rotatable bonds is 5. The van der Waals surface area contributed by atoms with Gasteiger partial charge in [-0.25, -0.2) is 18.7 Å². The van der Waals surface area contributed by atoms with E-state index in [1.165, 1.54) is 36.7 Å². The van der Waals surface area contributed by atoms with Gasteiger partial charge in [-0.15, -0.1) is 0 Å². The number of amides is 2. The van der Waals surface area contributed by atoms with Crippen molar-refractivity contribution in [3.05, 3.63) is 87.4 Å². The first-order chi connectivity index (χ1) is 15.7. The highest BCUT2D eigenvalue weighted by molar-refractivity contribution is 6.31. The molecule has 0 spiro atoms. The average molecular weight is 490 g/mol. The van der Waals surface area contributed by atoms with E-state index >= 15 is 0 Å². The van der Waals surface area contributed by atoms with E-state index in [2.05, 4.69) is 20.6 Å². The van der Waals surface area contributed by atoms with Gasteiger partial charge in [-0.2, -0.15) is 0 Å². The number of carbonyl (C=O) groups is 2. The molecule has 0 saturated carbocycles. The van der Waals surface area contributed by atoms with Crippen molar-refractivity contribution < 1.29 is 18.4 Å². The van der Waals surface area contributed by atoms with E-state index in [0.29, 0.717) is 22.3 Å². The Morgan fingerprint density at radius 2 is 1.70 bits per heavy atom. The molecule has 0 unspecified atom stereocenters. The zero-order chi connectivity index (χ0) is 23.7. The van der Waals surface area contributed by atoms with Gasteiger partial charge in [0.2, 0.25) is 0 Å². The maximum atomic E-state index is 13.4. The van der Waals surface area contributed by atoms with Crippen molar-refractivity contribution in [2.75, 3.05) is 5.32 Å². The van der Waals surface area contributed by atoms with Gasteiger partial charge in [0.15, 0.2) is 5.69 Å². The van der Waals surface area contributed by atoms with Gasteiger partial charge in [-0.1, -0.05) is 29.3 Å². The van der Waals surface area contributed by atoms with Crippen LogP contribution in [0.5, 0.6) is 0 Å². The van der Waals surface area contributed by atoms with Gasteiger partial charge >= 0.3 is 0 Å². The summed E-state index contributed by atoms with van der Waals surface area (Å²) in [5, 5.41) is 5.18. The maximum Gasteiger partial charge on any atom is 0.272 e. The van der Waals surface area contributed by atoms with Gasteiger partial charge in [0, 0.05) is 25.4 Å². The lowest BCUT2D eigenvalue weighted by Crippen LogP contribution is -2.24. The number of fused-ring (bicyclic) bond motifs is 1. The van der Waals surface area contributed by atoms with Crippen molar-refractivity contribution in [1.82, 2.24) is 19.9 Å². The van der Waals surface area contributed by atoms with Crippen LogP contribution in [0.25, 0.3) is 11.0 Å². The molecule has 0 atom stereocenters. The molecule has 0 saturated heterocycles. The molecule has 2 heterocycles. The zero-order valence-electron chi connectivity index (χ0n) is 17.0. The molecule has 0 aliphatic heterocycles. The minimum Gasteiger partial charge on any atom is -0.347 e. The van der Waals surface area contributed by atoms with E-state index in [0.717, 1.165) is 6.07 Å². The fourth-order valence-electron chi connectivity index (χ4n) is 3.23. The highest BCUT2D eigenvalue weighted by Gasteiger charge is 2.20. The number of carbonyl (C=O) groups excluding carboxylic acids is 2. The topological polar surface area (TPSA) is 88.9 Å². The summed E-state index contributed by atoms with van der Waals surface area (Å²) >= 11 is 11.5. The van der Waals surface area contributed by atoms with Crippen LogP contribution in [0.2, 0.25) is 10.0 Å². The van der Waals surface area contributed by atoms with Crippen molar-refractivity contribution >= 4 is 51.7 Å². The molecule has 4 rings (SSSR count). The molecule has 0 aliphatic rings. The van der Waals surface area contributed by atoms with Gasteiger partial charge in [0.25, 0.3) is 11.8 Å². The zero-order valence-corrected chi connectivity index (χ0v) is 18.5. The molecule has 0 aliphatic carbocycles. The summed E-state index contributed by atoms with van der Waals surface area (Å²) in [5.74, 6) is -2.20. The van der Waals surface area contributed by atoms with Crippen LogP contribution in [0.15, 0.2) is 48.9 Å². The Kier molecular flexibility index (Phi) is 6.26. The summed E-state index contributed by atoms with van der Waals surface area (Å²) in [6.07, 6.45) is 2.79. The molecule has 0 radical (unpaired) electrons. The summed E-state index contributed by atoms with van der Waals surface area (Å²) in [4.78, 5) is 33.7. The number of hydrogen-bond acceptors (Lipinski definition) is 4. The van der Waals surface area contributed by atoms with Gasteiger partial charge < -0.3 is 15.2 Å². The summed E-state index contributed by atoms with van der Waals surface area (Å²) in [5.41, 5.74) is 1.91. The monoisotopic (exact) mass is 489 g/mol. The van der Waals surface area contributed by atoms with Crippen LogP contribution >= 0.6 is 23.2 Å². The van der Waals surface area contributed by atoms with E-state index in [1.807, 2.05) is 0 Å². The predicted molar refractivity (Wildman–Crippen MR) is 120 cm³/mol. The van der Waals surface area contributed by atoms with Crippen LogP contribution in [-0.2, 0) is 13.6 Å². The molecule has 4 aromatic rings. The SMILES string of the molecule is Cn1cc(NC(=O)c2ccc(F)c(Cl)c2)c2ncnc(C(=O)NCc3ccc(F)c(Cl)c3)c21. The van der Waals surface area contributed by atoms with E-state index in [1.54, 1.807) is 17.8 Å². The lowest BCUT2D eigenvalue weighted by molar-refractivity contribution is 0.0946. The van der Waals surface area contributed by atoms with Crippen LogP contribution < -0.4 is 10.6 Å². The number of nitrogens with zero attached hydrogens (tertiary/aromatic N) is 3. The second-order valence-corrected chi connectivity index (χ2v) is 7.90. The number of hydrogen-bond donors (Lipinski definition) is 2. The Labute approximate surface area is 196 Å².